The van der Waals surface area contributed by atoms with Crippen molar-refractivity contribution >= 4 is 6.09 Å². The molecule has 2 atom stereocenters. The minimum atomic E-state index is -0.452. The standard InChI is InChI=1S/C43H49N3O7/c1-45-18-16-28-23-36(48-3)38-25-32(28)33(45)21-27-12-15-35(53-43(47)44-30-8-6-7-9-30)37(22-27)51-31-13-10-26(11-14-31)20-34-40-29(17-19-46(34)2)24-39(49-4)41(50-5)42(40)52-38/h10-15,22-25,30,33-34H,6-9,16-21H2,1-5H3,(H,44,47)/t33-,34+/m1/s1. The van der Waals surface area contributed by atoms with Crippen molar-refractivity contribution in [1.29, 1.82) is 0 Å². The highest BCUT2D eigenvalue weighted by molar-refractivity contribution is 5.72. The fraction of sp³-hybridized carbons (Fsp3) is 0.419. The van der Waals surface area contributed by atoms with Gasteiger partial charge in [0.05, 0.1) is 21.3 Å². The monoisotopic (exact) mass is 719 g/mol. The summed E-state index contributed by atoms with van der Waals surface area (Å²) in [4.78, 5) is 17.8. The quantitative estimate of drug-likeness (QED) is 0.219. The van der Waals surface area contributed by atoms with Gasteiger partial charge in [-0.05, 0) is 123 Å². The van der Waals surface area contributed by atoms with Crippen molar-refractivity contribution in [3.05, 3.63) is 94.0 Å². The van der Waals surface area contributed by atoms with E-state index in [1.54, 1.807) is 21.3 Å². The molecule has 0 radical (unpaired) electrons. The van der Waals surface area contributed by atoms with Gasteiger partial charge in [-0.2, -0.15) is 0 Å². The number of methoxy groups -OCH3 is 3. The number of nitrogens with one attached hydrogen (secondary N) is 1. The molecule has 4 aromatic carbocycles. The summed E-state index contributed by atoms with van der Waals surface area (Å²) in [7, 11) is 9.35. The van der Waals surface area contributed by atoms with Gasteiger partial charge in [0.15, 0.2) is 34.5 Å². The highest BCUT2D eigenvalue weighted by atomic mass is 16.6. The molecule has 0 saturated heterocycles. The molecule has 5 aliphatic rings. The lowest BCUT2D eigenvalue weighted by Gasteiger charge is -2.37. The van der Waals surface area contributed by atoms with Crippen LogP contribution in [0.1, 0.15) is 71.1 Å². The number of hydrogen-bond donors (Lipinski definition) is 1. The molecule has 1 amide bonds. The lowest BCUT2D eigenvalue weighted by molar-refractivity contribution is 0.194. The number of carbonyl (C=O) groups is 1. The van der Waals surface area contributed by atoms with Gasteiger partial charge < -0.3 is 33.7 Å². The molecular formula is C43H49N3O7. The average molecular weight is 720 g/mol. The second kappa shape index (κ2) is 14.8. The Balaban J connectivity index is 1.26. The van der Waals surface area contributed by atoms with E-state index in [0.717, 1.165) is 74.7 Å². The second-order valence-electron chi connectivity index (χ2n) is 14.8. The van der Waals surface area contributed by atoms with Gasteiger partial charge in [-0.15, -0.1) is 0 Å². The first-order chi connectivity index (χ1) is 25.8. The molecule has 278 valence electrons. The number of carbonyl (C=O) groups excluding carboxylic acids is 1. The molecule has 0 aromatic heterocycles. The van der Waals surface area contributed by atoms with Crippen LogP contribution in [0.4, 0.5) is 4.79 Å². The van der Waals surface area contributed by atoms with Crippen LogP contribution in [0.25, 0.3) is 0 Å². The van der Waals surface area contributed by atoms with Crippen LogP contribution < -0.4 is 33.7 Å². The summed E-state index contributed by atoms with van der Waals surface area (Å²) < 4.78 is 37.5. The maximum absolute atomic E-state index is 13.0. The third kappa shape index (κ3) is 6.98. The second-order valence-corrected chi connectivity index (χ2v) is 14.8. The fourth-order valence-corrected chi connectivity index (χ4v) is 8.56. The lowest BCUT2D eigenvalue weighted by atomic mass is 9.87. The van der Waals surface area contributed by atoms with Gasteiger partial charge >= 0.3 is 6.09 Å². The minimum Gasteiger partial charge on any atom is -0.493 e. The van der Waals surface area contributed by atoms with Crippen LogP contribution in [-0.4, -0.2) is 70.4 Å². The van der Waals surface area contributed by atoms with Gasteiger partial charge in [0.2, 0.25) is 5.75 Å². The Morgan fingerprint density at radius 2 is 1.38 bits per heavy atom. The Kier molecular flexibility index (Phi) is 9.83. The van der Waals surface area contributed by atoms with Crippen molar-refractivity contribution in [3.63, 3.8) is 0 Å². The predicted molar refractivity (Wildman–Crippen MR) is 203 cm³/mol. The summed E-state index contributed by atoms with van der Waals surface area (Å²) in [5.74, 6) is 4.70. The van der Waals surface area contributed by atoms with E-state index < -0.39 is 6.09 Å². The van der Waals surface area contributed by atoms with Crippen molar-refractivity contribution in [1.82, 2.24) is 15.1 Å². The van der Waals surface area contributed by atoms with E-state index in [-0.39, 0.29) is 18.1 Å². The first-order valence-electron chi connectivity index (χ1n) is 18.8. The molecule has 10 heteroatoms. The van der Waals surface area contributed by atoms with E-state index in [9.17, 15) is 4.79 Å². The molecule has 0 spiro atoms. The summed E-state index contributed by atoms with van der Waals surface area (Å²) >= 11 is 0. The van der Waals surface area contributed by atoms with E-state index in [0.29, 0.717) is 52.4 Å². The van der Waals surface area contributed by atoms with Gasteiger partial charge in [0, 0.05) is 36.8 Å². The molecule has 4 aromatic rings. The van der Waals surface area contributed by atoms with Gasteiger partial charge in [-0.1, -0.05) is 31.0 Å². The SMILES string of the molecule is COc1cc2c3cc1Oc1c(OC)c(OC)cc4c1[C@H](Cc1ccc(cc1)Oc1cc(ccc1OC(=O)NC1CCCC1)C[C@H]3N(C)CC2)N(C)CC4. The molecule has 1 fully saturated rings. The summed E-state index contributed by atoms with van der Waals surface area (Å²) in [6.07, 6.45) is 6.91. The third-order valence-electron chi connectivity index (χ3n) is 11.5. The van der Waals surface area contributed by atoms with Crippen molar-refractivity contribution in [2.75, 3.05) is 48.5 Å². The predicted octanol–water partition coefficient (Wildman–Crippen LogP) is 8.18. The molecular weight excluding hydrogens is 670 g/mol. The maximum atomic E-state index is 13.0. The Hall–Kier alpha value is -4.93. The van der Waals surface area contributed by atoms with E-state index >= 15 is 0 Å². The molecule has 1 aliphatic carbocycles. The van der Waals surface area contributed by atoms with Crippen LogP contribution in [-0.2, 0) is 25.7 Å². The van der Waals surface area contributed by atoms with E-state index in [4.69, 9.17) is 28.4 Å². The van der Waals surface area contributed by atoms with Crippen molar-refractivity contribution < 1.29 is 33.2 Å². The van der Waals surface area contributed by atoms with Gasteiger partial charge in [-0.25, -0.2) is 4.79 Å². The first kappa shape index (κ1) is 35.1. The maximum Gasteiger partial charge on any atom is 0.412 e. The van der Waals surface area contributed by atoms with Gasteiger partial charge in [0.25, 0.3) is 0 Å². The number of likely N-dealkylation sites (N-methyl/N-ethyl adjacent to an activating group) is 2. The number of nitrogens with zero attached hydrogens (tertiary/aromatic N) is 2. The van der Waals surface area contributed by atoms with E-state index in [2.05, 4.69) is 59.5 Å². The molecule has 4 heterocycles. The third-order valence-corrected chi connectivity index (χ3v) is 11.5. The van der Waals surface area contributed by atoms with Crippen LogP contribution >= 0.6 is 0 Å². The number of amides is 1. The largest absolute Gasteiger partial charge is 0.493 e. The highest BCUT2D eigenvalue weighted by Crippen LogP contribution is 2.52. The van der Waals surface area contributed by atoms with Crippen LogP contribution in [0.3, 0.4) is 0 Å². The molecule has 6 bridgehead atoms. The van der Waals surface area contributed by atoms with Crippen LogP contribution in [0.2, 0.25) is 0 Å². The van der Waals surface area contributed by atoms with Crippen LogP contribution in [0, 0.1) is 0 Å². The van der Waals surface area contributed by atoms with Crippen molar-refractivity contribution in [2.45, 2.75) is 69.5 Å². The highest BCUT2D eigenvalue weighted by Gasteiger charge is 2.35. The normalized spacial score (nSPS) is 19.9. The number of rotatable bonds is 5. The smallest absolute Gasteiger partial charge is 0.412 e. The molecule has 10 nitrogen and oxygen atoms in total. The average Bonchev–Trinajstić information content (AvgIpc) is 3.67. The Morgan fingerprint density at radius 1 is 0.717 bits per heavy atom. The molecule has 1 N–H and O–H groups in total. The Labute approximate surface area is 311 Å². The zero-order valence-electron chi connectivity index (χ0n) is 31.3. The van der Waals surface area contributed by atoms with Crippen LogP contribution in [0.15, 0.2) is 60.7 Å². The lowest BCUT2D eigenvalue weighted by Crippen LogP contribution is -2.35. The zero-order chi connectivity index (χ0) is 36.6. The zero-order valence-corrected chi connectivity index (χ0v) is 31.3. The van der Waals surface area contributed by atoms with Crippen LogP contribution in [0.5, 0.6) is 46.0 Å². The number of benzene rings is 4. The number of ether oxygens (including phenoxy) is 6. The Bertz CT molecular complexity index is 1990. The van der Waals surface area contributed by atoms with Crippen molar-refractivity contribution in [3.8, 4) is 46.0 Å². The van der Waals surface area contributed by atoms with Gasteiger partial charge in [0.1, 0.15) is 5.75 Å². The van der Waals surface area contributed by atoms with Gasteiger partial charge in [-0.3, -0.25) is 9.80 Å². The number of fused-ring (bicyclic) bond motifs is 2. The molecule has 0 unspecified atom stereocenters. The number of hydrogen-bond acceptors (Lipinski definition) is 9. The van der Waals surface area contributed by atoms with E-state index in [1.165, 1.54) is 16.7 Å². The molecule has 9 rings (SSSR count). The molecule has 4 aliphatic heterocycles. The summed E-state index contributed by atoms with van der Waals surface area (Å²) in [6, 6.07) is 20.6. The topological polar surface area (TPSA) is 91.0 Å². The minimum absolute atomic E-state index is 0.00299. The fourth-order valence-electron chi connectivity index (χ4n) is 8.56. The van der Waals surface area contributed by atoms with E-state index in [1.807, 2.05) is 30.3 Å². The summed E-state index contributed by atoms with van der Waals surface area (Å²) in [5, 5.41) is 3.04. The summed E-state index contributed by atoms with van der Waals surface area (Å²) in [5.41, 5.74) is 6.85. The summed E-state index contributed by atoms with van der Waals surface area (Å²) in [6.45, 7) is 1.78. The first-order valence-corrected chi connectivity index (χ1v) is 18.8. The molecule has 53 heavy (non-hydrogen) atoms. The molecule has 1 saturated carbocycles. The Morgan fingerprint density at radius 3 is 2.11 bits per heavy atom. The van der Waals surface area contributed by atoms with Crippen molar-refractivity contribution in [2.24, 2.45) is 0 Å².